The summed E-state index contributed by atoms with van der Waals surface area (Å²) in [4.78, 5) is 26.9. The fourth-order valence-corrected chi connectivity index (χ4v) is 4.61. The van der Waals surface area contributed by atoms with Crippen molar-refractivity contribution in [2.45, 2.75) is 12.5 Å². The number of carbonyl (C=O) groups excluding carboxylic acids is 2. The molecule has 1 fully saturated rings. The predicted molar refractivity (Wildman–Crippen MR) is 106 cm³/mol. The van der Waals surface area contributed by atoms with E-state index in [1.54, 1.807) is 17.0 Å². The molecule has 3 aromatic rings. The topological polar surface area (TPSA) is 72.6 Å². The third-order valence-electron chi connectivity index (χ3n) is 4.87. The van der Waals surface area contributed by atoms with E-state index in [4.69, 9.17) is 10.5 Å². The van der Waals surface area contributed by atoms with Gasteiger partial charge in [-0.15, -0.1) is 11.3 Å². The van der Waals surface area contributed by atoms with E-state index in [0.29, 0.717) is 24.6 Å². The second-order valence-electron chi connectivity index (χ2n) is 6.71. The molecule has 7 heteroatoms. The molecule has 5 nitrogen and oxygen atoms in total. The minimum absolute atomic E-state index is 0.0555. The highest BCUT2D eigenvalue weighted by Crippen LogP contribution is 2.38. The van der Waals surface area contributed by atoms with Crippen molar-refractivity contribution in [2.24, 2.45) is 5.73 Å². The highest BCUT2D eigenvalue weighted by molar-refractivity contribution is 7.21. The van der Waals surface area contributed by atoms with E-state index in [0.717, 1.165) is 21.2 Å². The van der Waals surface area contributed by atoms with Crippen LogP contribution in [-0.2, 0) is 16.0 Å². The molecular weight excluding hydrogens is 379 g/mol. The van der Waals surface area contributed by atoms with Crippen molar-refractivity contribution < 1.29 is 18.7 Å². The Morgan fingerprint density at radius 2 is 1.93 bits per heavy atom. The van der Waals surface area contributed by atoms with E-state index >= 15 is 0 Å². The van der Waals surface area contributed by atoms with Gasteiger partial charge < -0.3 is 15.4 Å². The molecule has 2 heterocycles. The van der Waals surface area contributed by atoms with Crippen LogP contribution in [0, 0.1) is 5.82 Å². The average Bonchev–Trinajstić information content (AvgIpc) is 3.10. The van der Waals surface area contributed by atoms with E-state index in [1.165, 1.54) is 23.5 Å². The lowest BCUT2D eigenvalue weighted by Gasteiger charge is -2.33. The largest absolute Gasteiger partial charge is 0.370 e. The Labute approximate surface area is 165 Å². The lowest BCUT2D eigenvalue weighted by molar-refractivity contribution is -0.138. The zero-order chi connectivity index (χ0) is 19.7. The minimum Gasteiger partial charge on any atom is -0.370 e. The molecule has 1 saturated heterocycles. The van der Waals surface area contributed by atoms with Crippen molar-refractivity contribution in [3.05, 3.63) is 70.4 Å². The molecule has 4 rings (SSSR count). The summed E-state index contributed by atoms with van der Waals surface area (Å²) in [6.45, 7) is 1.20. The first-order valence-electron chi connectivity index (χ1n) is 8.98. The van der Waals surface area contributed by atoms with Crippen molar-refractivity contribution in [1.29, 1.82) is 0 Å². The summed E-state index contributed by atoms with van der Waals surface area (Å²) in [7, 11) is 0. The maximum absolute atomic E-state index is 13.1. The van der Waals surface area contributed by atoms with Crippen LogP contribution in [0.1, 0.15) is 26.9 Å². The van der Waals surface area contributed by atoms with Crippen molar-refractivity contribution in [2.75, 3.05) is 19.7 Å². The van der Waals surface area contributed by atoms with Gasteiger partial charge in [-0.05, 0) is 29.1 Å². The number of hydrogen-bond donors (Lipinski definition) is 1. The number of carbonyl (C=O) groups is 2. The summed E-state index contributed by atoms with van der Waals surface area (Å²) < 4.78 is 20.0. The summed E-state index contributed by atoms with van der Waals surface area (Å²) in [6, 6.07) is 13.6. The SMILES string of the molecule is NC(=O)c1sc2ccccc2c1[C@H]1CN(C(=O)Cc2ccc(F)cc2)CCO1. The summed E-state index contributed by atoms with van der Waals surface area (Å²) in [6.07, 6.45) is -0.218. The number of rotatable bonds is 4. The van der Waals surface area contributed by atoms with Gasteiger partial charge in [0.05, 0.1) is 24.4 Å². The third kappa shape index (κ3) is 3.63. The second kappa shape index (κ2) is 7.69. The average molecular weight is 398 g/mol. The van der Waals surface area contributed by atoms with Crippen LogP contribution in [0.3, 0.4) is 0 Å². The number of ether oxygens (including phenoxy) is 1. The molecule has 0 bridgehead atoms. The highest BCUT2D eigenvalue weighted by atomic mass is 32.1. The van der Waals surface area contributed by atoms with Crippen LogP contribution >= 0.6 is 11.3 Å². The fraction of sp³-hybridized carbons (Fsp3) is 0.238. The van der Waals surface area contributed by atoms with Crippen LogP contribution in [0.15, 0.2) is 48.5 Å². The van der Waals surface area contributed by atoms with Crippen LogP contribution in [0.4, 0.5) is 4.39 Å². The molecule has 2 N–H and O–H groups in total. The lowest BCUT2D eigenvalue weighted by Crippen LogP contribution is -2.43. The number of hydrogen-bond acceptors (Lipinski definition) is 4. The molecule has 2 amide bonds. The number of morpholine rings is 1. The Hall–Kier alpha value is -2.77. The van der Waals surface area contributed by atoms with Crippen LogP contribution in [0.2, 0.25) is 0 Å². The zero-order valence-electron chi connectivity index (χ0n) is 15.1. The van der Waals surface area contributed by atoms with E-state index in [9.17, 15) is 14.0 Å². The van der Waals surface area contributed by atoms with Gasteiger partial charge in [-0.3, -0.25) is 9.59 Å². The molecule has 2 aromatic carbocycles. The molecule has 144 valence electrons. The van der Waals surface area contributed by atoms with Crippen molar-refractivity contribution >= 4 is 33.2 Å². The summed E-state index contributed by atoms with van der Waals surface area (Å²) >= 11 is 1.35. The molecule has 1 atom stereocenters. The van der Waals surface area contributed by atoms with Crippen LogP contribution < -0.4 is 5.73 Å². The number of amides is 2. The molecule has 1 aliphatic rings. The Morgan fingerprint density at radius 1 is 1.18 bits per heavy atom. The number of thiophene rings is 1. The quantitative estimate of drug-likeness (QED) is 0.733. The molecule has 0 aliphatic carbocycles. The van der Waals surface area contributed by atoms with Gasteiger partial charge in [0.25, 0.3) is 5.91 Å². The van der Waals surface area contributed by atoms with Crippen molar-refractivity contribution in [1.82, 2.24) is 4.90 Å². The first-order chi connectivity index (χ1) is 13.5. The van der Waals surface area contributed by atoms with Gasteiger partial charge in [0.2, 0.25) is 5.91 Å². The molecule has 1 aromatic heterocycles. The normalized spacial score (nSPS) is 17.0. The first kappa shape index (κ1) is 18.6. The standard InChI is InChI=1S/C21H19FN2O3S/c22-14-7-5-13(6-8-14)11-18(25)24-9-10-27-16(12-24)19-15-3-1-2-4-17(15)28-20(19)21(23)26/h1-8,16H,9-12H2,(H2,23,26)/t16-/m1/s1. The van der Waals surface area contributed by atoms with Gasteiger partial charge in [-0.1, -0.05) is 30.3 Å². The maximum atomic E-state index is 13.1. The van der Waals surface area contributed by atoms with E-state index in [1.807, 2.05) is 24.3 Å². The molecule has 0 unspecified atom stereocenters. The summed E-state index contributed by atoms with van der Waals surface area (Å²) in [5.74, 6) is -0.874. The second-order valence-corrected chi connectivity index (χ2v) is 7.76. The molecular formula is C21H19FN2O3S. The summed E-state index contributed by atoms with van der Waals surface area (Å²) in [5, 5.41) is 0.930. The number of fused-ring (bicyclic) bond motifs is 1. The number of nitrogens with zero attached hydrogens (tertiary/aromatic N) is 1. The van der Waals surface area contributed by atoms with E-state index in [2.05, 4.69) is 0 Å². The van der Waals surface area contributed by atoms with Crippen LogP contribution in [-0.4, -0.2) is 36.4 Å². The molecule has 1 aliphatic heterocycles. The predicted octanol–water partition coefficient (Wildman–Crippen LogP) is 3.28. The van der Waals surface area contributed by atoms with E-state index in [-0.39, 0.29) is 18.1 Å². The number of halogens is 1. The molecule has 0 saturated carbocycles. The van der Waals surface area contributed by atoms with E-state index < -0.39 is 12.0 Å². The maximum Gasteiger partial charge on any atom is 0.259 e. The van der Waals surface area contributed by atoms with Gasteiger partial charge in [-0.25, -0.2) is 4.39 Å². The minimum atomic E-state index is -0.491. The monoisotopic (exact) mass is 398 g/mol. The number of nitrogens with two attached hydrogens (primary N) is 1. The van der Waals surface area contributed by atoms with Crippen molar-refractivity contribution in [3.63, 3.8) is 0 Å². The van der Waals surface area contributed by atoms with Gasteiger partial charge in [-0.2, -0.15) is 0 Å². The van der Waals surface area contributed by atoms with Gasteiger partial charge in [0.15, 0.2) is 0 Å². The highest BCUT2D eigenvalue weighted by Gasteiger charge is 2.30. The Morgan fingerprint density at radius 3 is 2.68 bits per heavy atom. The smallest absolute Gasteiger partial charge is 0.259 e. The van der Waals surface area contributed by atoms with Gasteiger partial charge in [0, 0.05) is 16.8 Å². The molecule has 0 spiro atoms. The van der Waals surface area contributed by atoms with Crippen LogP contribution in [0.5, 0.6) is 0 Å². The Balaban J connectivity index is 1.58. The first-order valence-corrected chi connectivity index (χ1v) is 9.79. The molecule has 0 radical (unpaired) electrons. The third-order valence-corrected chi connectivity index (χ3v) is 6.07. The zero-order valence-corrected chi connectivity index (χ0v) is 15.9. The van der Waals surface area contributed by atoms with Crippen molar-refractivity contribution in [3.8, 4) is 0 Å². The number of benzene rings is 2. The Bertz CT molecular complexity index is 1030. The van der Waals surface area contributed by atoms with Crippen LogP contribution in [0.25, 0.3) is 10.1 Å². The Kier molecular flexibility index (Phi) is 5.11. The molecule has 28 heavy (non-hydrogen) atoms. The number of primary amides is 1. The van der Waals surface area contributed by atoms with Gasteiger partial charge >= 0.3 is 0 Å². The van der Waals surface area contributed by atoms with Gasteiger partial charge in [0.1, 0.15) is 11.9 Å². The fourth-order valence-electron chi connectivity index (χ4n) is 3.51. The lowest BCUT2D eigenvalue weighted by atomic mass is 10.0. The summed E-state index contributed by atoms with van der Waals surface area (Å²) in [5.41, 5.74) is 7.11.